The summed E-state index contributed by atoms with van der Waals surface area (Å²) >= 11 is 0. The van der Waals surface area contributed by atoms with E-state index in [1.807, 2.05) is 24.3 Å². The topological polar surface area (TPSA) is 80.6 Å². The minimum atomic E-state index is -1.35. The first-order valence-corrected chi connectivity index (χ1v) is 14.2. The highest BCUT2D eigenvalue weighted by Gasteiger charge is 2.26. The normalized spacial score (nSPS) is 12.1. The summed E-state index contributed by atoms with van der Waals surface area (Å²) in [6, 6.07) is 7.45. The number of fused-ring (bicyclic) bond motifs is 1. The highest BCUT2D eigenvalue weighted by atomic mass is 16.7. The Labute approximate surface area is 217 Å². The molecule has 0 fully saturated rings. The average molecular weight is 501 g/mol. The van der Waals surface area contributed by atoms with Gasteiger partial charge in [0.2, 0.25) is 11.8 Å². The number of nitrogens with zero attached hydrogens (tertiary/aromatic N) is 1. The molecule has 36 heavy (non-hydrogen) atoms. The lowest BCUT2D eigenvalue weighted by molar-refractivity contribution is -0.119. The largest absolute Gasteiger partial charge is 0.512 e. The SMILES string of the molecule is CCCCCCCCCCCCCCCCCC(NC(C)=O)c1c(OC(=O)O)n(C)c2ccccc12. The van der Waals surface area contributed by atoms with Crippen LogP contribution in [0.15, 0.2) is 24.3 Å². The van der Waals surface area contributed by atoms with Gasteiger partial charge in [0, 0.05) is 24.9 Å². The van der Waals surface area contributed by atoms with Gasteiger partial charge in [0.05, 0.1) is 11.6 Å². The van der Waals surface area contributed by atoms with E-state index in [-0.39, 0.29) is 17.8 Å². The molecule has 0 saturated carbocycles. The van der Waals surface area contributed by atoms with E-state index in [4.69, 9.17) is 4.74 Å². The molecule has 2 N–H and O–H groups in total. The number of ether oxygens (including phenoxy) is 1. The van der Waals surface area contributed by atoms with Gasteiger partial charge < -0.3 is 19.7 Å². The Kier molecular flexibility index (Phi) is 14.1. The number of carboxylic acid groups (broad SMARTS) is 1. The summed E-state index contributed by atoms with van der Waals surface area (Å²) in [5.41, 5.74) is 1.63. The zero-order valence-electron chi connectivity index (χ0n) is 22.8. The molecule has 0 aliphatic heterocycles. The minimum absolute atomic E-state index is 0.129. The molecule has 0 aliphatic carbocycles. The summed E-state index contributed by atoms with van der Waals surface area (Å²) < 4.78 is 6.93. The third kappa shape index (κ3) is 10.2. The van der Waals surface area contributed by atoms with Gasteiger partial charge in [0.25, 0.3) is 0 Å². The summed E-state index contributed by atoms with van der Waals surface area (Å²) in [7, 11) is 1.79. The van der Waals surface area contributed by atoms with E-state index in [0.29, 0.717) is 0 Å². The number of nitrogens with one attached hydrogen (secondary N) is 1. The van der Waals surface area contributed by atoms with Crippen molar-refractivity contribution in [2.75, 3.05) is 0 Å². The third-order valence-electron chi connectivity index (χ3n) is 7.10. The number of aromatic nitrogens is 1. The molecule has 2 rings (SSSR count). The molecule has 2 aromatic rings. The van der Waals surface area contributed by atoms with E-state index in [2.05, 4.69) is 12.2 Å². The molecule has 1 aromatic carbocycles. The van der Waals surface area contributed by atoms with E-state index >= 15 is 0 Å². The molecular weight excluding hydrogens is 452 g/mol. The number of para-hydroxylation sites is 1. The second-order valence-electron chi connectivity index (χ2n) is 10.2. The molecule has 1 amide bonds. The number of unbranched alkanes of at least 4 members (excludes halogenated alkanes) is 14. The lowest BCUT2D eigenvalue weighted by Gasteiger charge is -2.19. The monoisotopic (exact) mass is 500 g/mol. The Morgan fingerprint density at radius 3 is 1.86 bits per heavy atom. The van der Waals surface area contributed by atoms with Crippen LogP contribution in [-0.2, 0) is 11.8 Å². The maximum Gasteiger partial charge on any atom is 0.512 e. The molecule has 6 nitrogen and oxygen atoms in total. The van der Waals surface area contributed by atoms with Gasteiger partial charge in [0.15, 0.2) is 0 Å². The fourth-order valence-electron chi connectivity index (χ4n) is 5.20. The smallest absolute Gasteiger partial charge is 0.449 e. The van der Waals surface area contributed by atoms with E-state index in [1.165, 1.54) is 90.4 Å². The van der Waals surface area contributed by atoms with Crippen molar-refractivity contribution in [1.82, 2.24) is 9.88 Å². The van der Waals surface area contributed by atoms with E-state index < -0.39 is 6.16 Å². The van der Waals surface area contributed by atoms with Crippen LogP contribution < -0.4 is 10.1 Å². The maximum absolute atomic E-state index is 12.0. The second-order valence-corrected chi connectivity index (χ2v) is 10.2. The van der Waals surface area contributed by atoms with Gasteiger partial charge in [0.1, 0.15) is 0 Å². The molecule has 1 heterocycles. The molecule has 202 valence electrons. The summed E-state index contributed by atoms with van der Waals surface area (Å²) in [6.45, 7) is 3.77. The standard InChI is InChI=1S/C30H48N2O4/c1-4-5-6-7-8-9-10-11-12-13-14-15-16-17-18-22-26(31-24(2)33)28-25-21-19-20-23-27(25)32(3)29(28)36-30(34)35/h19-21,23,26H,4-18,22H2,1-3H3,(H,31,33)(H,34,35). The Balaban J connectivity index is 1.75. The lowest BCUT2D eigenvalue weighted by atomic mass is 9.98. The Morgan fingerprint density at radius 1 is 0.861 bits per heavy atom. The second kappa shape index (κ2) is 17.0. The van der Waals surface area contributed by atoms with Crippen molar-refractivity contribution in [3.8, 4) is 5.88 Å². The van der Waals surface area contributed by atoms with E-state index in [0.717, 1.165) is 35.7 Å². The van der Waals surface area contributed by atoms with Crippen molar-refractivity contribution in [2.45, 2.75) is 123 Å². The first-order chi connectivity index (χ1) is 17.5. The van der Waals surface area contributed by atoms with Crippen molar-refractivity contribution in [2.24, 2.45) is 7.05 Å². The average Bonchev–Trinajstić information content (AvgIpc) is 3.11. The number of hydrogen-bond donors (Lipinski definition) is 2. The summed E-state index contributed by atoms with van der Waals surface area (Å²) in [5, 5.41) is 13.3. The van der Waals surface area contributed by atoms with Gasteiger partial charge in [-0.25, -0.2) is 4.79 Å². The van der Waals surface area contributed by atoms with Crippen LogP contribution in [0.3, 0.4) is 0 Å². The van der Waals surface area contributed by atoms with Gasteiger partial charge in [-0.1, -0.05) is 121 Å². The molecule has 1 aromatic heterocycles. The van der Waals surface area contributed by atoms with Crippen molar-refractivity contribution < 1.29 is 19.4 Å². The van der Waals surface area contributed by atoms with Crippen LogP contribution in [0.2, 0.25) is 0 Å². The summed E-state index contributed by atoms with van der Waals surface area (Å²) in [5.74, 6) is 0.151. The fraction of sp³-hybridized carbons (Fsp3) is 0.667. The minimum Gasteiger partial charge on any atom is -0.449 e. The van der Waals surface area contributed by atoms with Crippen LogP contribution in [0, 0.1) is 0 Å². The molecule has 6 heteroatoms. The fourth-order valence-corrected chi connectivity index (χ4v) is 5.20. The zero-order valence-corrected chi connectivity index (χ0v) is 22.8. The van der Waals surface area contributed by atoms with Crippen LogP contribution in [0.5, 0.6) is 5.88 Å². The third-order valence-corrected chi connectivity index (χ3v) is 7.10. The lowest BCUT2D eigenvalue weighted by Crippen LogP contribution is -2.26. The van der Waals surface area contributed by atoms with E-state index in [9.17, 15) is 14.7 Å². The van der Waals surface area contributed by atoms with Crippen LogP contribution in [0.25, 0.3) is 10.9 Å². The van der Waals surface area contributed by atoms with Gasteiger partial charge in [-0.3, -0.25) is 4.79 Å². The number of carbonyl (C=O) groups excluding carboxylic acids is 1. The molecular formula is C30H48N2O4. The maximum atomic E-state index is 12.0. The number of amides is 1. The zero-order chi connectivity index (χ0) is 26.2. The Bertz CT molecular complexity index is 921. The molecule has 1 atom stereocenters. The number of aryl methyl sites for hydroxylation is 1. The highest BCUT2D eigenvalue weighted by molar-refractivity contribution is 5.89. The quantitative estimate of drug-likeness (QED) is 0.149. The van der Waals surface area contributed by atoms with Gasteiger partial charge in [-0.15, -0.1) is 0 Å². The predicted octanol–water partition coefficient (Wildman–Crippen LogP) is 8.67. The molecule has 0 spiro atoms. The van der Waals surface area contributed by atoms with Crippen molar-refractivity contribution in [3.05, 3.63) is 29.8 Å². The van der Waals surface area contributed by atoms with Crippen LogP contribution >= 0.6 is 0 Å². The summed E-state index contributed by atoms with van der Waals surface area (Å²) in [4.78, 5) is 23.4. The van der Waals surface area contributed by atoms with Crippen LogP contribution in [0.1, 0.15) is 128 Å². The highest BCUT2D eigenvalue weighted by Crippen LogP contribution is 2.38. The number of rotatable bonds is 19. The number of benzene rings is 1. The summed E-state index contributed by atoms with van der Waals surface area (Å²) in [6.07, 6.45) is 19.0. The number of carbonyl (C=O) groups is 2. The van der Waals surface area contributed by atoms with Crippen molar-refractivity contribution >= 4 is 23.0 Å². The predicted molar refractivity (Wildman–Crippen MR) is 148 cm³/mol. The molecule has 0 radical (unpaired) electrons. The van der Waals surface area contributed by atoms with Gasteiger partial charge >= 0.3 is 6.16 Å². The Morgan fingerprint density at radius 2 is 1.36 bits per heavy atom. The van der Waals surface area contributed by atoms with Crippen molar-refractivity contribution in [1.29, 1.82) is 0 Å². The molecule has 0 saturated heterocycles. The molecule has 0 aliphatic rings. The van der Waals surface area contributed by atoms with Gasteiger partial charge in [-0.05, 0) is 12.5 Å². The van der Waals surface area contributed by atoms with E-state index in [1.54, 1.807) is 11.6 Å². The number of hydrogen-bond acceptors (Lipinski definition) is 3. The van der Waals surface area contributed by atoms with Gasteiger partial charge in [-0.2, -0.15) is 0 Å². The first-order valence-electron chi connectivity index (χ1n) is 14.2. The first kappa shape index (κ1) is 29.7. The Hall–Kier alpha value is -2.50. The van der Waals surface area contributed by atoms with Crippen molar-refractivity contribution in [3.63, 3.8) is 0 Å². The van der Waals surface area contributed by atoms with Crippen LogP contribution in [0.4, 0.5) is 4.79 Å². The molecule has 0 bridgehead atoms. The molecule has 1 unspecified atom stereocenters. The van der Waals surface area contributed by atoms with Crippen LogP contribution in [-0.4, -0.2) is 21.7 Å².